The van der Waals surface area contributed by atoms with Crippen molar-refractivity contribution in [2.75, 3.05) is 11.9 Å². The first-order valence-electron chi connectivity index (χ1n) is 6.11. The van der Waals surface area contributed by atoms with E-state index in [0.29, 0.717) is 0 Å². The van der Waals surface area contributed by atoms with E-state index in [-0.39, 0.29) is 0 Å². The van der Waals surface area contributed by atoms with Crippen molar-refractivity contribution in [3.63, 3.8) is 0 Å². The standard InChI is InChI=1S/C14H19N/c1-10-7-8-14-12(9-10)11-5-3-4-6-13(11)15(14)2/h7-9,11,13H,3-6H2,1-2H3. The van der Waals surface area contributed by atoms with E-state index in [1.54, 1.807) is 5.56 Å². The van der Waals surface area contributed by atoms with Gasteiger partial charge in [0.05, 0.1) is 0 Å². The summed E-state index contributed by atoms with van der Waals surface area (Å²) in [6.45, 7) is 2.20. The molecule has 0 spiro atoms. The molecule has 0 saturated heterocycles. The van der Waals surface area contributed by atoms with Gasteiger partial charge in [0.15, 0.2) is 0 Å². The number of rotatable bonds is 0. The SMILES string of the molecule is Cc1ccc2c(c1)C1CCCCC1N2C. The second-order valence-electron chi connectivity index (χ2n) is 5.13. The molecule has 3 rings (SSSR count). The van der Waals surface area contributed by atoms with Crippen LogP contribution in [0.5, 0.6) is 0 Å². The van der Waals surface area contributed by atoms with E-state index < -0.39 is 0 Å². The highest BCUT2D eigenvalue weighted by atomic mass is 15.2. The van der Waals surface area contributed by atoms with Crippen LogP contribution in [0.2, 0.25) is 0 Å². The molecule has 1 aromatic carbocycles. The Labute approximate surface area is 92.1 Å². The first kappa shape index (κ1) is 9.26. The molecule has 1 heterocycles. The number of anilines is 1. The third kappa shape index (κ3) is 1.29. The van der Waals surface area contributed by atoms with Gasteiger partial charge >= 0.3 is 0 Å². The van der Waals surface area contributed by atoms with E-state index >= 15 is 0 Å². The Bertz CT molecular complexity index is 383. The maximum Gasteiger partial charge on any atom is 0.0402 e. The molecule has 2 unspecified atom stereocenters. The summed E-state index contributed by atoms with van der Waals surface area (Å²) in [5.74, 6) is 0.818. The zero-order valence-electron chi connectivity index (χ0n) is 9.66. The molecule has 1 aromatic rings. The second kappa shape index (κ2) is 3.26. The number of hydrogen-bond donors (Lipinski definition) is 0. The fraction of sp³-hybridized carbons (Fsp3) is 0.571. The van der Waals surface area contributed by atoms with Crippen LogP contribution < -0.4 is 4.90 Å². The number of likely N-dealkylation sites (N-methyl/N-ethyl adjacent to an activating group) is 1. The van der Waals surface area contributed by atoms with E-state index in [2.05, 4.69) is 37.1 Å². The molecule has 1 heteroatoms. The van der Waals surface area contributed by atoms with Gasteiger partial charge in [-0.05, 0) is 31.4 Å². The van der Waals surface area contributed by atoms with Crippen LogP contribution in [-0.2, 0) is 0 Å². The maximum absolute atomic E-state index is 2.51. The lowest BCUT2D eigenvalue weighted by atomic mass is 9.82. The van der Waals surface area contributed by atoms with Gasteiger partial charge < -0.3 is 4.90 Å². The van der Waals surface area contributed by atoms with Gasteiger partial charge in [0, 0.05) is 24.7 Å². The van der Waals surface area contributed by atoms with Crippen molar-refractivity contribution >= 4 is 5.69 Å². The van der Waals surface area contributed by atoms with Crippen molar-refractivity contribution in [1.82, 2.24) is 0 Å². The Hall–Kier alpha value is -0.980. The molecular weight excluding hydrogens is 182 g/mol. The number of aryl methyl sites for hydroxylation is 1. The highest BCUT2D eigenvalue weighted by Crippen LogP contribution is 2.47. The van der Waals surface area contributed by atoms with Crippen molar-refractivity contribution in [1.29, 1.82) is 0 Å². The number of fused-ring (bicyclic) bond motifs is 3. The van der Waals surface area contributed by atoms with E-state index in [1.807, 2.05) is 0 Å². The normalized spacial score (nSPS) is 28.8. The third-order valence-electron chi connectivity index (χ3n) is 4.19. The molecule has 0 N–H and O–H groups in total. The van der Waals surface area contributed by atoms with Gasteiger partial charge in [-0.15, -0.1) is 0 Å². The summed E-state index contributed by atoms with van der Waals surface area (Å²) in [6.07, 6.45) is 5.61. The maximum atomic E-state index is 2.51. The molecule has 15 heavy (non-hydrogen) atoms. The summed E-state index contributed by atoms with van der Waals surface area (Å²) in [4.78, 5) is 2.51. The van der Waals surface area contributed by atoms with Crippen molar-refractivity contribution < 1.29 is 0 Å². The molecule has 1 saturated carbocycles. The highest BCUT2D eigenvalue weighted by molar-refractivity contribution is 5.62. The van der Waals surface area contributed by atoms with Crippen molar-refractivity contribution in [2.45, 2.75) is 44.6 Å². The minimum atomic E-state index is 0.788. The first-order chi connectivity index (χ1) is 7.27. The molecule has 2 aliphatic rings. The van der Waals surface area contributed by atoms with Crippen LogP contribution in [0.4, 0.5) is 5.69 Å². The van der Waals surface area contributed by atoms with Crippen LogP contribution in [0.15, 0.2) is 18.2 Å². The molecule has 1 fully saturated rings. The zero-order valence-corrected chi connectivity index (χ0v) is 9.66. The van der Waals surface area contributed by atoms with Gasteiger partial charge in [0.2, 0.25) is 0 Å². The monoisotopic (exact) mass is 201 g/mol. The van der Waals surface area contributed by atoms with Crippen LogP contribution in [0.3, 0.4) is 0 Å². The number of nitrogens with zero attached hydrogens (tertiary/aromatic N) is 1. The van der Waals surface area contributed by atoms with Gasteiger partial charge in [-0.25, -0.2) is 0 Å². The van der Waals surface area contributed by atoms with Crippen LogP contribution in [0, 0.1) is 6.92 Å². The molecule has 0 amide bonds. The minimum Gasteiger partial charge on any atom is -0.371 e. The lowest BCUT2D eigenvalue weighted by Crippen LogP contribution is -2.32. The quantitative estimate of drug-likeness (QED) is 0.621. The summed E-state index contributed by atoms with van der Waals surface area (Å²) < 4.78 is 0. The summed E-state index contributed by atoms with van der Waals surface area (Å²) in [5.41, 5.74) is 4.51. The lowest BCUT2D eigenvalue weighted by Gasteiger charge is -2.30. The Balaban J connectivity index is 2.07. The molecule has 0 bridgehead atoms. The molecule has 0 aromatic heterocycles. The predicted octanol–water partition coefficient (Wildman–Crippen LogP) is 3.47. The topological polar surface area (TPSA) is 3.24 Å². The molecule has 1 nitrogen and oxygen atoms in total. The average Bonchev–Trinajstić information content (AvgIpc) is 2.54. The van der Waals surface area contributed by atoms with Gasteiger partial charge in [-0.2, -0.15) is 0 Å². The first-order valence-corrected chi connectivity index (χ1v) is 6.11. The Morgan fingerprint density at radius 2 is 2.00 bits per heavy atom. The van der Waals surface area contributed by atoms with Crippen molar-refractivity contribution in [2.24, 2.45) is 0 Å². The van der Waals surface area contributed by atoms with E-state index in [0.717, 1.165) is 12.0 Å². The molecule has 2 atom stereocenters. The van der Waals surface area contributed by atoms with E-state index in [1.165, 1.54) is 36.9 Å². The predicted molar refractivity (Wildman–Crippen MR) is 64.6 cm³/mol. The zero-order chi connectivity index (χ0) is 10.4. The van der Waals surface area contributed by atoms with Gasteiger partial charge in [-0.1, -0.05) is 30.5 Å². The largest absolute Gasteiger partial charge is 0.371 e. The fourth-order valence-corrected chi connectivity index (χ4v) is 3.41. The Morgan fingerprint density at radius 1 is 1.20 bits per heavy atom. The van der Waals surface area contributed by atoms with E-state index in [9.17, 15) is 0 Å². The molecule has 1 aliphatic heterocycles. The van der Waals surface area contributed by atoms with Crippen LogP contribution in [0.1, 0.15) is 42.7 Å². The second-order valence-corrected chi connectivity index (χ2v) is 5.13. The van der Waals surface area contributed by atoms with E-state index in [4.69, 9.17) is 0 Å². The summed E-state index contributed by atoms with van der Waals surface area (Å²) in [6, 6.07) is 7.74. The summed E-state index contributed by atoms with van der Waals surface area (Å²) in [7, 11) is 2.27. The third-order valence-corrected chi connectivity index (χ3v) is 4.19. The summed E-state index contributed by atoms with van der Waals surface area (Å²) in [5, 5.41) is 0. The molecular formula is C14H19N. The number of benzene rings is 1. The average molecular weight is 201 g/mol. The highest BCUT2D eigenvalue weighted by Gasteiger charge is 2.37. The van der Waals surface area contributed by atoms with Gasteiger partial charge in [0.25, 0.3) is 0 Å². The lowest BCUT2D eigenvalue weighted by molar-refractivity contribution is 0.396. The Kier molecular flexibility index (Phi) is 2.01. The number of hydrogen-bond acceptors (Lipinski definition) is 1. The van der Waals surface area contributed by atoms with Gasteiger partial charge in [0.1, 0.15) is 0 Å². The van der Waals surface area contributed by atoms with Crippen molar-refractivity contribution in [3.05, 3.63) is 29.3 Å². The molecule has 80 valence electrons. The summed E-state index contributed by atoms with van der Waals surface area (Å²) >= 11 is 0. The smallest absolute Gasteiger partial charge is 0.0402 e. The molecule has 1 aliphatic carbocycles. The van der Waals surface area contributed by atoms with Crippen molar-refractivity contribution in [3.8, 4) is 0 Å². The van der Waals surface area contributed by atoms with Crippen LogP contribution >= 0.6 is 0 Å². The fourth-order valence-electron chi connectivity index (χ4n) is 3.41. The Morgan fingerprint density at radius 3 is 2.87 bits per heavy atom. The van der Waals surface area contributed by atoms with Crippen LogP contribution in [-0.4, -0.2) is 13.1 Å². The minimum absolute atomic E-state index is 0.788. The van der Waals surface area contributed by atoms with Crippen LogP contribution in [0.25, 0.3) is 0 Å². The van der Waals surface area contributed by atoms with Gasteiger partial charge in [-0.3, -0.25) is 0 Å². The molecule has 0 radical (unpaired) electrons.